The molecule has 0 aliphatic carbocycles. The summed E-state index contributed by atoms with van der Waals surface area (Å²) in [6.45, 7) is 12.9. The molecule has 19 heavy (non-hydrogen) atoms. The predicted octanol–water partition coefficient (Wildman–Crippen LogP) is 1.93. The molecule has 0 fully saturated rings. The van der Waals surface area contributed by atoms with Crippen molar-refractivity contribution in [3.05, 3.63) is 18.7 Å². The van der Waals surface area contributed by atoms with Crippen LogP contribution >= 0.6 is 0 Å². The maximum atomic E-state index is 9.60. The van der Waals surface area contributed by atoms with E-state index < -0.39 is 0 Å². The van der Waals surface area contributed by atoms with Crippen LogP contribution in [0.25, 0.3) is 0 Å². The van der Waals surface area contributed by atoms with Crippen molar-refractivity contribution >= 4 is 0 Å². The molecule has 0 aliphatic heterocycles. The van der Waals surface area contributed by atoms with E-state index in [0.29, 0.717) is 0 Å². The van der Waals surface area contributed by atoms with E-state index in [1.807, 2.05) is 27.9 Å². The zero-order valence-corrected chi connectivity index (χ0v) is 13.1. The van der Waals surface area contributed by atoms with Crippen molar-refractivity contribution < 1.29 is 14.8 Å². The first kappa shape index (κ1) is 16.2. The minimum Gasteiger partial charge on any atom is -0.392 e. The summed E-state index contributed by atoms with van der Waals surface area (Å²) in [6, 6.07) is 0.0705. The molecule has 0 unspecified atom stereocenters. The summed E-state index contributed by atoms with van der Waals surface area (Å²) < 4.78 is 4.07. The van der Waals surface area contributed by atoms with Crippen molar-refractivity contribution in [3.63, 3.8) is 0 Å². The Labute approximate surface area is 116 Å². The SMILES string of the molecule is CC(C)(C)[C@@H](CO)n1cc[n+]([C@H](CO)C(C)(C)C)c1. The fourth-order valence-corrected chi connectivity index (χ4v) is 2.38. The summed E-state index contributed by atoms with van der Waals surface area (Å²) in [5.41, 5.74) is -0.0237. The first-order chi connectivity index (χ1) is 8.61. The van der Waals surface area contributed by atoms with Crippen LogP contribution in [0.3, 0.4) is 0 Å². The monoisotopic (exact) mass is 269 g/mol. The molecule has 4 heteroatoms. The summed E-state index contributed by atoms with van der Waals surface area (Å²) >= 11 is 0. The minimum atomic E-state index is -0.0119. The summed E-state index contributed by atoms with van der Waals surface area (Å²) in [5.74, 6) is 0. The smallest absolute Gasteiger partial charge is 0.244 e. The molecule has 0 aromatic carbocycles. The zero-order valence-electron chi connectivity index (χ0n) is 13.1. The number of aliphatic hydroxyl groups is 2. The Hall–Kier alpha value is -0.870. The Morgan fingerprint density at radius 2 is 1.58 bits per heavy atom. The van der Waals surface area contributed by atoms with Gasteiger partial charge >= 0.3 is 0 Å². The second-order valence-corrected chi connectivity index (χ2v) is 7.44. The molecule has 110 valence electrons. The lowest BCUT2D eigenvalue weighted by molar-refractivity contribution is -0.736. The third kappa shape index (κ3) is 3.80. The topological polar surface area (TPSA) is 49.3 Å². The number of aromatic nitrogens is 2. The maximum Gasteiger partial charge on any atom is 0.244 e. The van der Waals surface area contributed by atoms with Gasteiger partial charge < -0.3 is 10.2 Å². The average molecular weight is 269 g/mol. The average Bonchev–Trinajstić information content (AvgIpc) is 2.64. The summed E-state index contributed by atoms with van der Waals surface area (Å²) in [4.78, 5) is 0. The van der Waals surface area contributed by atoms with Crippen molar-refractivity contribution in [1.82, 2.24) is 4.57 Å². The Morgan fingerprint density at radius 3 is 1.95 bits per heavy atom. The van der Waals surface area contributed by atoms with E-state index in [1.54, 1.807) is 0 Å². The fraction of sp³-hybridized carbons (Fsp3) is 0.800. The predicted molar refractivity (Wildman–Crippen MR) is 75.8 cm³/mol. The Balaban J connectivity index is 3.05. The summed E-state index contributed by atoms with van der Waals surface area (Å²) in [7, 11) is 0. The molecule has 4 nitrogen and oxygen atoms in total. The van der Waals surface area contributed by atoms with E-state index >= 15 is 0 Å². The molecule has 2 N–H and O–H groups in total. The highest BCUT2D eigenvalue weighted by Crippen LogP contribution is 2.30. The molecular weight excluding hydrogens is 240 g/mol. The van der Waals surface area contributed by atoms with E-state index in [-0.39, 0.29) is 36.1 Å². The molecule has 0 radical (unpaired) electrons. The standard InChI is InChI=1S/C15H29N2O2/c1-14(2,3)12(9-18)16-7-8-17(11-16)13(10-19)15(4,5)6/h7-8,11-13,18-19H,9-10H2,1-6H3/q+1/t12-,13-/m1/s1. The lowest BCUT2D eigenvalue weighted by Crippen LogP contribution is -2.47. The van der Waals surface area contributed by atoms with Crippen LogP contribution in [0.5, 0.6) is 0 Å². The van der Waals surface area contributed by atoms with Crippen LogP contribution < -0.4 is 4.57 Å². The van der Waals surface area contributed by atoms with Crippen molar-refractivity contribution in [2.24, 2.45) is 10.8 Å². The number of rotatable bonds is 4. The maximum absolute atomic E-state index is 9.60. The summed E-state index contributed by atoms with van der Waals surface area (Å²) in [6.07, 6.45) is 5.93. The minimum absolute atomic E-state index is 0.0119. The van der Waals surface area contributed by atoms with Crippen LogP contribution in [0.15, 0.2) is 18.7 Å². The molecule has 0 saturated heterocycles. The lowest BCUT2D eigenvalue weighted by atomic mass is 9.87. The fourth-order valence-electron chi connectivity index (χ4n) is 2.38. The van der Waals surface area contributed by atoms with Crippen LogP contribution in [0.1, 0.15) is 53.6 Å². The summed E-state index contributed by atoms with van der Waals surface area (Å²) in [5, 5.41) is 19.2. The van der Waals surface area contributed by atoms with Gasteiger partial charge in [-0.25, -0.2) is 9.13 Å². The molecule has 0 saturated carbocycles. The van der Waals surface area contributed by atoms with Gasteiger partial charge in [0.25, 0.3) is 0 Å². The number of nitrogens with zero attached hydrogens (tertiary/aromatic N) is 2. The highest BCUT2D eigenvalue weighted by atomic mass is 16.3. The first-order valence-corrected chi connectivity index (χ1v) is 6.91. The number of aliphatic hydroxyl groups excluding tert-OH is 2. The van der Waals surface area contributed by atoms with Gasteiger partial charge in [0.2, 0.25) is 6.33 Å². The van der Waals surface area contributed by atoms with Gasteiger partial charge in [0.15, 0.2) is 0 Å². The van der Waals surface area contributed by atoms with Crippen LogP contribution in [0, 0.1) is 10.8 Å². The lowest BCUT2D eigenvalue weighted by Gasteiger charge is -2.27. The van der Waals surface area contributed by atoms with Crippen molar-refractivity contribution in [2.75, 3.05) is 13.2 Å². The molecule has 0 aliphatic rings. The second-order valence-electron chi connectivity index (χ2n) is 7.44. The molecule has 0 spiro atoms. The second kappa shape index (κ2) is 5.63. The Morgan fingerprint density at radius 1 is 1.00 bits per heavy atom. The molecule has 1 heterocycles. The third-order valence-corrected chi connectivity index (χ3v) is 3.74. The van der Waals surface area contributed by atoms with Gasteiger partial charge in [0.05, 0.1) is 13.2 Å². The van der Waals surface area contributed by atoms with Crippen LogP contribution in [0.2, 0.25) is 0 Å². The van der Waals surface area contributed by atoms with Crippen LogP contribution in [-0.4, -0.2) is 28.0 Å². The normalized spacial score (nSPS) is 16.4. The number of hydrogen-bond acceptors (Lipinski definition) is 2. The van der Waals surface area contributed by atoms with Gasteiger partial charge in [-0.05, 0) is 0 Å². The Kier molecular flexibility index (Phi) is 4.80. The van der Waals surface area contributed by atoms with Gasteiger partial charge in [0, 0.05) is 10.8 Å². The van der Waals surface area contributed by atoms with Gasteiger partial charge in [-0.2, -0.15) is 0 Å². The van der Waals surface area contributed by atoms with E-state index in [0.717, 1.165) is 0 Å². The molecule has 1 aromatic rings. The highest BCUT2D eigenvalue weighted by Gasteiger charge is 2.33. The number of hydrogen-bond donors (Lipinski definition) is 2. The molecule has 1 rings (SSSR count). The Bertz CT molecular complexity index is 363. The van der Waals surface area contributed by atoms with Crippen molar-refractivity contribution in [1.29, 1.82) is 0 Å². The molecule has 1 aromatic heterocycles. The van der Waals surface area contributed by atoms with Gasteiger partial charge in [-0.15, -0.1) is 0 Å². The van der Waals surface area contributed by atoms with E-state index in [9.17, 15) is 10.2 Å². The van der Waals surface area contributed by atoms with Gasteiger partial charge in [-0.3, -0.25) is 0 Å². The van der Waals surface area contributed by atoms with Gasteiger partial charge in [-0.1, -0.05) is 41.5 Å². The molecule has 0 bridgehead atoms. The van der Waals surface area contributed by atoms with Crippen LogP contribution in [0.4, 0.5) is 0 Å². The molecule has 2 atom stereocenters. The van der Waals surface area contributed by atoms with Crippen molar-refractivity contribution in [2.45, 2.75) is 53.6 Å². The molecular formula is C15H29N2O2+. The number of imidazole rings is 1. The quantitative estimate of drug-likeness (QED) is 0.821. The van der Waals surface area contributed by atoms with E-state index in [2.05, 4.69) is 41.5 Å². The largest absolute Gasteiger partial charge is 0.392 e. The van der Waals surface area contributed by atoms with Crippen LogP contribution in [-0.2, 0) is 0 Å². The first-order valence-electron chi connectivity index (χ1n) is 6.91. The highest BCUT2D eigenvalue weighted by molar-refractivity contribution is 4.84. The van der Waals surface area contributed by atoms with Gasteiger partial charge in [0.1, 0.15) is 24.5 Å². The third-order valence-electron chi connectivity index (χ3n) is 3.74. The van der Waals surface area contributed by atoms with E-state index in [4.69, 9.17) is 0 Å². The van der Waals surface area contributed by atoms with E-state index in [1.165, 1.54) is 0 Å². The zero-order chi connectivity index (χ0) is 14.8. The molecule has 0 amide bonds. The van der Waals surface area contributed by atoms with Crippen molar-refractivity contribution in [3.8, 4) is 0 Å².